The van der Waals surface area contributed by atoms with E-state index in [9.17, 15) is 22.8 Å². The van der Waals surface area contributed by atoms with Crippen molar-refractivity contribution >= 4 is 22.5 Å². The van der Waals surface area contributed by atoms with Crippen LogP contribution in [0.15, 0.2) is 66.0 Å². The maximum atomic E-state index is 13.6. The van der Waals surface area contributed by atoms with Gasteiger partial charge in [-0.2, -0.15) is 13.2 Å². The van der Waals surface area contributed by atoms with Gasteiger partial charge in [0.05, 0.1) is 46.1 Å². The molecular formula is C26H23F3N6O2. The van der Waals surface area contributed by atoms with Gasteiger partial charge in [-0.3, -0.25) is 18.9 Å². The maximum Gasteiger partial charge on any atom is 0.408 e. The molecule has 4 aromatic heterocycles. The Morgan fingerprint density at radius 3 is 2.59 bits per heavy atom. The fourth-order valence-corrected chi connectivity index (χ4v) is 4.47. The molecule has 11 heteroatoms. The molecule has 5 rings (SSSR count). The summed E-state index contributed by atoms with van der Waals surface area (Å²) in [5, 5.41) is 1.92. The molecule has 0 aliphatic rings. The van der Waals surface area contributed by atoms with Gasteiger partial charge in [0.1, 0.15) is 12.6 Å². The van der Waals surface area contributed by atoms with Gasteiger partial charge in [0.15, 0.2) is 0 Å². The van der Waals surface area contributed by atoms with E-state index in [-0.39, 0.29) is 0 Å². The molecule has 0 aliphatic heterocycles. The number of benzene rings is 1. The number of nitrogens with one attached hydrogen (secondary N) is 1. The lowest BCUT2D eigenvalue weighted by atomic mass is 10.1. The number of amides is 1. The molecule has 8 nitrogen and oxygen atoms in total. The number of pyridine rings is 2. The molecule has 4 heterocycles. The lowest BCUT2D eigenvalue weighted by Gasteiger charge is -2.17. The molecule has 0 unspecified atom stereocenters. The van der Waals surface area contributed by atoms with Gasteiger partial charge >= 0.3 is 11.9 Å². The van der Waals surface area contributed by atoms with Gasteiger partial charge in [-0.25, -0.2) is 9.78 Å². The Labute approximate surface area is 209 Å². The Morgan fingerprint density at radius 2 is 1.86 bits per heavy atom. The van der Waals surface area contributed by atoms with Crippen LogP contribution in [-0.4, -0.2) is 41.6 Å². The van der Waals surface area contributed by atoms with E-state index < -0.39 is 30.4 Å². The number of hydrogen-bond donors (Lipinski definition) is 1. The van der Waals surface area contributed by atoms with E-state index in [1.54, 1.807) is 43.7 Å². The Kier molecular flexibility index (Phi) is 5.85. The third-order valence-corrected chi connectivity index (χ3v) is 6.35. The number of fused-ring (bicyclic) bond motifs is 2. The van der Waals surface area contributed by atoms with Gasteiger partial charge in [-0.05, 0) is 56.7 Å². The van der Waals surface area contributed by atoms with E-state index >= 15 is 0 Å². The van der Waals surface area contributed by atoms with Gasteiger partial charge in [-0.15, -0.1) is 0 Å². The van der Waals surface area contributed by atoms with Crippen LogP contribution in [0.25, 0.3) is 33.5 Å². The molecule has 0 saturated heterocycles. The van der Waals surface area contributed by atoms with Gasteiger partial charge in [0.2, 0.25) is 5.91 Å². The number of nitrogens with zero attached hydrogens (tertiary/aromatic N) is 5. The summed E-state index contributed by atoms with van der Waals surface area (Å²) < 4.78 is 43.3. The first kappa shape index (κ1) is 24.3. The normalized spacial score (nSPS) is 12.8. The van der Waals surface area contributed by atoms with Crippen LogP contribution in [0.3, 0.4) is 0 Å². The zero-order valence-electron chi connectivity index (χ0n) is 20.2. The number of carbonyl (C=O) groups is 1. The summed E-state index contributed by atoms with van der Waals surface area (Å²) in [7, 11) is 0. The van der Waals surface area contributed by atoms with Crippen LogP contribution in [0.1, 0.15) is 18.2 Å². The molecule has 1 atom stereocenters. The topological polar surface area (TPSA) is 86.2 Å². The average Bonchev–Trinajstić information content (AvgIpc) is 3.42. The molecule has 37 heavy (non-hydrogen) atoms. The van der Waals surface area contributed by atoms with Crippen molar-refractivity contribution in [2.24, 2.45) is 0 Å². The first-order valence-electron chi connectivity index (χ1n) is 11.5. The Morgan fingerprint density at radius 1 is 1.08 bits per heavy atom. The summed E-state index contributed by atoms with van der Waals surface area (Å²) in [6.45, 7) is 3.90. The van der Waals surface area contributed by atoms with E-state index in [0.29, 0.717) is 28.1 Å². The number of alkyl halides is 3. The van der Waals surface area contributed by atoms with Crippen LogP contribution in [0.5, 0.6) is 0 Å². The molecule has 1 N–H and O–H groups in total. The highest BCUT2D eigenvalue weighted by atomic mass is 19.4. The molecule has 0 radical (unpaired) electrons. The van der Waals surface area contributed by atoms with Crippen LogP contribution in [0.4, 0.5) is 13.2 Å². The fourth-order valence-electron chi connectivity index (χ4n) is 4.47. The number of para-hydroxylation sites is 1. The fraction of sp³-hybridized carbons (Fsp3) is 0.231. The predicted octanol–water partition coefficient (Wildman–Crippen LogP) is 4.19. The van der Waals surface area contributed by atoms with Crippen molar-refractivity contribution in [3.63, 3.8) is 0 Å². The summed E-state index contributed by atoms with van der Waals surface area (Å²) in [6.07, 6.45) is 0.738. The minimum absolute atomic E-state index is 0.437. The van der Waals surface area contributed by atoms with Crippen LogP contribution >= 0.6 is 0 Å². The largest absolute Gasteiger partial charge is 0.408 e. The van der Waals surface area contributed by atoms with Crippen molar-refractivity contribution in [2.45, 2.75) is 39.5 Å². The highest BCUT2D eigenvalue weighted by Crippen LogP contribution is 2.27. The van der Waals surface area contributed by atoms with Crippen LogP contribution in [0.2, 0.25) is 0 Å². The summed E-state index contributed by atoms with van der Waals surface area (Å²) in [4.78, 5) is 35.0. The van der Waals surface area contributed by atoms with Crippen LogP contribution in [-0.2, 0) is 11.3 Å². The molecule has 0 aliphatic carbocycles. The average molecular weight is 509 g/mol. The van der Waals surface area contributed by atoms with Crippen molar-refractivity contribution in [1.29, 1.82) is 0 Å². The second-order valence-corrected chi connectivity index (χ2v) is 8.89. The Hall–Kier alpha value is -4.41. The highest BCUT2D eigenvalue weighted by molar-refractivity contribution is 5.85. The third kappa shape index (κ3) is 4.26. The van der Waals surface area contributed by atoms with Gasteiger partial charge in [-0.1, -0.05) is 12.1 Å². The molecule has 0 bridgehead atoms. The quantitative estimate of drug-likeness (QED) is 0.386. The van der Waals surface area contributed by atoms with E-state index in [2.05, 4.69) is 4.98 Å². The molecule has 0 spiro atoms. The Bertz CT molecular complexity index is 1710. The summed E-state index contributed by atoms with van der Waals surface area (Å²) >= 11 is 0. The molecule has 1 amide bonds. The monoisotopic (exact) mass is 508 g/mol. The number of halogens is 3. The zero-order valence-corrected chi connectivity index (χ0v) is 20.2. The minimum Gasteiger partial charge on any atom is -0.343 e. The van der Waals surface area contributed by atoms with Crippen LogP contribution in [0, 0.1) is 13.8 Å². The number of aryl methyl sites for hydroxylation is 2. The summed E-state index contributed by atoms with van der Waals surface area (Å²) in [5.41, 5.74) is 4.74. The van der Waals surface area contributed by atoms with E-state index in [0.717, 1.165) is 23.6 Å². The molecule has 5 aromatic rings. The van der Waals surface area contributed by atoms with E-state index in [1.165, 1.54) is 9.13 Å². The first-order chi connectivity index (χ1) is 17.6. The van der Waals surface area contributed by atoms with Crippen LogP contribution < -0.4 is 11.0 Å². The number of rotatable bonds is 5. The maximum absolute atomic E-state index is 13.6. The number of imidazole rings is 2. The van der Waals surface area contributed by atoms with Crippen molar-refractivity contribution in [3.8, 4) is 16.9 Å². The number of carbonyl (C=O) groups excluding carboxylic acids is 1. The van der Waals surface area contributed by atoms with Gasteiger partial charge in [0, 0.05) is 11.8 Å². The number of aromatic nitrogens is 5. The standard InChI is InChI=1S/C26H23F3N6O2/c1-15-6-4-8-21-24(15)35(25(37)34(21)13-23(36)32-17(3)26(27,28)29)20-10-9-19(31-16(20)2)18-7-5-11-33-14-30-12-22(18)33/h4-12,14,17H,13H2,1-3H3,(H,32,36)/t17-/m1/s1. The van der Waals surface area contributed by atoms with Crippen molar-refractivity contribution < 1.29 is 18.0 Å². The number of hydrogen-bond acceptors (Lipinski definition) is 4. The third-order valence-electron chi connectivity index (χ3n) is 6.35. The molecule has 0 fully saturated rings. The lowest BCUT2D eigenvalue weighted by molar-refractivity contribution is -0.158. The Balaban J connectivity index is 1.60. The second kappa shape index (κ2) is 8.91. The molecule has 190 valence electrons. The van der Waals surface area contributed by atoms with Crippen molar-refractivity contribution in [1.82, 2.24) is 28.8 Å². The highest BCUT2D eigenvalue weighted by Gasteiger charge is 2.37. The lowest BCUT2D eigenvalue weighted by Crippen LogP contribution is -2.45. The first-order valence-corrected chi connectivity index (χ1v) is 11.5. The van der Waals surface area contributed by atoms with Gasteiger partial charge in [0.25, 0.3) is 0 Å². The van der Waals surface area contributed by atoms with E-state index in [1.807, 2.05) is 41.0 Å². The van der Waals surface area contributed by atoms with E-state index in [4.69, 9.17) is 4.98 Å². The molecule has 1 aromatic carbocycles. The molecule has 0 saturated carbocycles. The smallest absolute Gasteiger partial charge is 0.343 e. The second-order valence-electron chi connectivity index (χ2n) is 8.89. The minimum atomic E-state index is -4.59. The summed E-state index contributed by atoms with van der Waals surface area (Å²) in [6, 6.07) is 10.6. The van der Waals surface area contributed by atoms with Crippen molar-refractivity contribution in [2.75, 3.05) is 0 Å². The molecular weight excluding hydrogens is 485 g/mol. The zero-order chi connectivity index (χ0) is 26.5. The summed E-state index contributed by atoms with van der Waals surface area (Å²) in [5.74, 6) is -0.911. The van der Waals surface area contributed by atoms with Gasteiger partial charge < -0.3 is 9.72 Å². The van der Waals surface area contributed by atoms with Crippen molar-refractivity contribution in [3.05, 3.63) is 82.9 Å². The SMILES string of the molecule is Cc1nc(-c2cccn3cncc23)ccc1-n1c(=O)n(CC(=O)N[C@H](C)C(F)(F)F)c2cccc(C)c21. The predicted molar refractivity (Wildman–Crippen MR) is 133 cm³/mol.